The van der Waals surface area contributed by atoms with Crippen LogP contribution >= 0.6 is 15.9 Å². The van der Waals surface area contributed by atoms with Crippen molar-refractivity contribution in [3.63, 3.8) is 0 Å². The molecule has 0 aliphatic rings. The van der Waals surface area contributed by atoms with E-state index < -0.39 is 5.97 Å². The molecular formula is C10H7BrN2O3. The van der Waals surface area contributed by atoms with Gasteiger partial charge in [0.15, 0.2) is 0 Å². The standard InChI is InChI=1S/C10H7BrN2O3/c11-6-3-1-2-5(4-6)9-13-7(10(14)15)8(12)16-9/h1-4H,12H2,(H,14,15). The van der Waals surface area contributed by atoms with Crippen molar-refractivity contribution >= 4 is 27.8 Å². The lowest BCUT2D eigenvalue weighted by Gasteiger charge is -1.94. The Bertz CT molecular complexity index is 551. The van der Waals surface area contributed by atoms with E-state index >= 15 is 0 Å². The van der Waals surface area contributed by atoms with Gasteiger partial charge in [-0.25, -0.2) is 4.79 Å². The molecular weight excluding hydrogens is 276 g/mol. The van der Waals surface area contributed by atoms with E-state index in [2.05, 4.69) is 20.9 Å². The number of rotatable bonds is 2. The SMILES string of the molecule is Nc1oc(-c2cccc(Br)c2)nc1C(=O)O. The molecule has 0 aliphatic heterocycles. The molecule has 2 aromatic rings. The number of hydrogen-bond acceptors (Lipinski definition) is 4. The summed E-state index contributed by atoms with van der Waals surface area (Å²) in [5.74, 6) is -1.21. The minimum atomic E-state index is -1.21. The summed E-state index contributed by atoms with van der Waals surface area (Å²) in [5.41, 5.74) is 5.79. The molecule has 0 spiro atoms. The highest BCUT2D eigenvalue weighted by molar-refractivity contribution is 9.10. The van der Waals surface area contributed by atoms with Crippen molar-refractivity contribution in [2.45, 2.75) is 0 Å². The third kappa shape index (κ3) is 1.92. The Morgan fingerprint density at radius 1 is 1.50 bits per heavy atom. The molecule has 3 N–H and O–H groups in total. The molecule has 5 nitrogen and oxygen atoms in total. The maximum Gasteiger partial charge on any atom is 0.360 e. The molecule has 1 heterocycles. The van der Waals surface area contributed by atoms with Gasteiger partial charge in [0.25, 0.3) is 0 Å². The van der Waals surface area contributed by atoms with Crippen LogP contribution in [-0.2, 0) is 0 Å². The van der Waals surface area contributed by atoms with Crippen molar-refractivity contribution in [2.75, 3.05) is 5.73 Å². The molecule has 0 saturated carbocycles. The van der Waals surface area contributed by atoms with Crippen LogP contribution in [0.1, 0.15) is 10.5 Å². The number of halogens is 1. The van der Waals surface area contributed by atoms with Gasteiger partial charge in [0.05, 0.1) is 0 Å². The Kier molecular flexibility index (Phi) is 2.66. The van der Waals surface area contributed by atoms with Crippen LogP contribution < -0.4 is 5.73 Å². The van der Waals surface area contributed by atoms with Crippen LogP contribution in [0.15, 0.2) is 33.2 Å². The summed E-state index contributed by atoms with van der Waals surface area (Å²) in [6, 6.07) is 7.15. The van der Waals surface area contributed by atoms with Gasteiger partial charge in [-0.05, 0) is 18.2 Å². The van der Waals surface area contributed by atoms with E-state index in [1.54, 1.807) is 18.2 Å². The Hall–Kier alpha value is -1.82. The number of nitrogen functional groups attached to an aromatic ring is 1. The predicted molar refractivity (Wildman–Crippen MR) is 61.0 cm³/mol. The topological polar surface area (TPSA) is 89.4 Å². The summed E-state index contributed by atoms with van der Waals surface area (Å²) in [4.78, 5) is 14.5. The molecule has 0 fully saturated rings. The molecule has 6 heteroatoms. The first-order valence-electron chi connectivity index (χ1n) is 4.33. The van der Waals surface area contributed by atoms with Gasteiger partial charge in [0.2, 0.25) is 17.5 Å². The van der Waals surface area contributed by atoms with E-state index in [1.807, 2.05) is 6.07 Å². The van der Waals surface area contributed by atoms with Crippen molar-refractivity contribution < 1.29 is 14.3 Å². The molecule has 0 saturated heterocycles. The van der Waals surface area contributed by atoms with Crippen LogP contribution in [0, 0.1) is 0 Å². The van der Waals surface area contributed by atoms with Crippen molar-refractivity contribution in [3.05, 3.63) is 34.4 Å². The van der Waals surface area contributed by atoms with Gasteiger partial charge in [-0.15, -0.1) is 0 Å². The lowest BCUT2D eigenvalue weighted by Crippen LogP contribution is -2.00. The van der Waals surface area contributed by atoms with E-state index in [-0.39, 0.29) is 17.5 Å². The van der Waals surface area contributed by atoms with E-state index in [1.165, 1.54) is 0 Å². The van der Waals surface area contributed by atoms with Crippen LogP contribution in [0.4, 0.5) is 5.88 Å². The van der Waals surface area contributed by atoms with Crippen molar-refractivity contribution in [3.8, 4) is 11.5 Å². The zero-order chi connectivity index (χ0) is 11.7. The molecule has 0 aliphatic carbocycles. The molecule has 0 unspecified atom stereocenters. The van der Waals surface area contributed by atoms with E-state index in [0.29, 0.717) is 5.56 Å². The fourth-order valence-electron chi connectivity index (χ4n) is 1.23. The van der Waals surface area contributed by atoms with Crippen LogP contribution in [-0.4, -0.2) is 16.1 Å². The van der Waals surface area contributed by atoms with Crippen molar-refractivity contribution in [1.82, 2.24) is 4.98 Å². The number of carboxylic acids is 1. The van der Waals surface area contributed by atoms with E-state index in [0.717, 1.165) is 4.47 Å². The van der Waals surface area contributed by atoms with Gasteiger partial charge in [0.1, 0.15) is 0 Å². The van der Waals surface area contributed by atoms with Crippen LogP contribution in [0.5, 0.6) is 0 Å². The summed E-state index contributed by atoms with van der Waals surface area (Å²) in [6.07, 6.45) is 0. The highest BCUT2D eigenvalue weighted by Crippen LogP contribution is 2.25. The maximum absolute atomic E-state index is 10.7. The van der Waals surface area contributed by atoms with E-state index in [4.69, 9.17) is 15.3 Å². The number of oxazole rings is 1. The Morgan fingerprint density at radius 3 is 2.81 bits per heavy atom. The van der Waals surface area contributed by atoms with E-state index in [9.17, 15) is 4.79 Å². The first-order valence-corrected chi connectivity index (χ1v) is 5.13. The lowest BCUT2D eigenvalue weighted by atomic mass is 10.2. The fourth-order valence-corrected chi connectivity index (χ4v) is 1.63. The normalized spacial score (nSPS) is 10.3. The molecule has 2 rings (SSSR count). The molecule has 16 heavy (non-hydrogen) atoms. The number of hydrogen-bond donors (Lipinski definition) is 2. The number of carbonyl (C=O) groups is 1. The first kappa shape index (κ1) is 10.7. The number of aromatic nitrogens is 1. The number of carboxylic acid groups (broad SMARTS) is 1. The van der Waals surface area contributed by atoms with Crippen molar-refractivity contribution in [2.24, 2.45) is 0 Å². The highest BCUT2D eigenvalue weighted by Gasteiger charge is 2.17. The second kappa shape index (κ2) is 3.97. The quantitative estimate of drug-likeness (QED) is 0.883. The minimum absolute atomic E-state index is 0.191. The summed E-state index contributed by atoms with van der Waals surface area (Å²) in [5, 5.41) is 8.77. The number of nitrogens with zero attached hydrogens (tertiary/aromatic N) is 1. The van der Waals surface area contributed by atoms with Crippen LogP contribution in [0.25, 0.3) is 11.5 Å². The van der Waals surface area contributed by atoms with Gasteiger partial charge in [-0.2, -0.15) is 4.98 Å². The first-order chi connectivity index (χ1) is 7.58. The van der Waals surface area contributed by atoms with Gasteiger partial charge in [-0.3, -0.25) is 0 Å². The number of anilines is 1. The third-order valence-electron chi connectivity index (χ3n) is 1.93. The van der Waals surface area contributed by atoms with Gasteiger partial charge < -0.3 is 15.3 Å². The molecule has 0 bridgehead atoms. The Balaban J connectivity index is 2.49. The third-order valence-corrected chi connectivity index (χ3v) is 2.42. The molecule has 0 radical (unpaired) electrons. The second-order valence-electron chi connectivity index (χ2n) is 3.05. The lowest BCUT2D eigenvalue weighted by molar-refractivity contribution is 0.0692. The average molecular weight is 283 g/mol. The maximum atomic E-state index is 10.7. The zero-order valence-corrected chi connectivity index (χ0v) is 9.56. The minimum Gasteiger partial charge on any atom is -0.476 e. The molecule has 1 aromatic carbocycles. The number of nitrogens with two attached hydrogens (primary N) is 1. The molecule has 1 aromatic heterocycles. The smallest absolute Gasteiger partial charge is 0.360 e. The fraction of sp³-hybridized carbons (Fsp3) is 0. The predicted octanol–water partition coefficient (Wildman–Crippen LogP) is 2.38. The average Bonchev–Trinajstić information content (AvgIpc) is 2.60. The summed E-state index contributed by atoms with van der Waals surface area (Å²) in [6.45, 7) is 0. The van der Waals surface area contributed by atoms with Gasteiger partial charge in [-0.1, -0.05) is 22.0 Å². The summed E-state index contributed by atoms with van der Waals surface area (Å²) < 4.78 is 5.93. The zero-order valence-electron chi connectivity index (χ0n) is 7.98. The van der Waals surface area contributed by atoms with Crippen LogP contribution in [0.2, 0.25) is 0 Å². The molecule has 0 atom stereocenters. The molecule has 0 amide bonds. The number of aromatic carboxylic acids is 1. The van der Waals surface area contributed by atoms with Gasteiger partial charge >= 0.3 is 5.97 Å². The van der Waals surface area contributed by atoms with Gasteiger partial charge in [0, 0.05) is 10.0 Å². The van der Waals surface area contributed by atoms with Crippen molar-refractivity contribution in [1.29, 1.82) is 0 Å². The summed E-state index contributed by atoms with van der Waals surface area (Å²) >= 11 is 3.30. The highest BCUT2D eigenvalue weighted by atomic mass is 79.9. The molecule has 82 valence electrons. The Labute approximate surface area is 99.0 Å². The summed E-state index contributed by atoms with van der Waals surface area (Å²) in [7, 11) is 0. The number of benzene rings is 1. The monoisotopic (exact) mass is 282 g/mol. The largest absolute Gasteiger partial charge is 0.476 e. The second-order valence-corrected chi connectivity index (χ2v) is 3.96. The van der Waals surface area contributed by atoms with Crippen LogP contribution in [0.3, 0.4) is 0 Å². The Morgan fingerprint density at radius 2 is 2.25 bits per heavy atom.